The largest absolute Gasteiger partial charge is 1.00 e. The van der Waals surface area contributed by atoms with Gasteiger partial charge in [-0.3, -0.25) is 0 Å². The molecule has 1 aromatic heterocycles. The fraction of sp³-hybridized carbons (Fsp3) is 0.333. The van der Waals surface area contributed by atoms with E-state index < -0.39 is 24.4 Å². The topological polar surface area (TPSA) is 96.6 Å². The number of carboxylic acid groups (broad SMARTS) is 2. The molecule has 82 valence electrons. The van der Waals surface area contributed by atoms with Gasteiger partial charge in [0.15, 0.2) is 0 Å². The second-order valence-electron chi connectivity index (χ2n) is 3.00. The zero-order chi connectivity index (χ0) is 11.4. The van der Waals surface area contributed by atoms with Crippen LogP contribution in [0.4, 0.5) is 5.69 Å². The summed E-state index contributed by atoms with van der Waals surface area (Å²) in [4.78, 5) is 22.3. The predicted octanol–water partition coefficient (Wildman–Crippen LogP) is -8.02. The standard InChI is InChI=1S/C9H11NO5.2K/c1-10(6-2-3-15-5-6)7(9(13)14)4-8(11)12;;/h2-3,5,7H,4H2,1H3,(H,11,12)(H,13,14);;/q;2*+1/p-2. The van der Waals surface area contributed by atoms with Gasteiger partial charge in [0.1, 0.15) is 6.26 Å². The smallest absolute Gasteiger partial charge is 0.550 e. The average molecular weight is 289 g/mol. The van der Waals surface area contributed by atoms with Gasteiger partial charge in [0.2, 0.25) is 0 Å². The molecule has 0 aromatic carbocycles. The van der Waals surface area contributed by atoms with E-state index in [9.17, 15) is 19.8 Å². The van der Waals surface area contributed by atoms with Crippen molar-refractivity contribution < 1.29 is 127 Å². The summed E-state index contributed by atoms with van der Waals surface area (Å²) in [6.45, 7) is 0. The number of nitrogens with zero attached hydrogens (tertiary/aromatic N) is 1. The Morgan fingerprint density at radius 2 is 2.00 bits per heavy atom. The number of aliphatic carboxylic acids is 2. The zero-order valence-corrected chi connectivity index (χ0v) is 16.3. The minimum Gasteiger partial charge on any atom is -0.550 e. The molecule has 0 aliphatic heterocycles. The molecule has 0 N–H and O–H groups in total. The molecular formula is C9H9K2NO5. The number of likely N-dealkylation sites (N-methyl/N-ethyl adjacent to an activating group) is 1. The van der Waals surface area contributed by atoms with Crippen molar-refractivity contribution in [3.05, 3.63) is 18.6 Å². The van der Waals surface area contributed by atoms with Crippen LogP contribution in [0.5, 0.6) is 0 Å². The second kappa shape index (κ2) is 10.1. The minimum absolute atomic E-state index is 0. The molecule has 0 bridgehead atoms. The van der Waals surface area contributed by atoms with Crippen LogP contribution >= 0.6 is 0 Å². The molecule has 1 atom stereocenters. The summed E-state index contributed by atoms with van der Waals surface area (Å²) in [5.41, 5.74) is 0.463. The molecule has 0 aliphatic carbocycles. The number of hydrogen-bond acceptors (Lipinski definition) is 6. The van der Waals surface area contributed by atoms with Crippen LogP contribution in [0.2, 0.25) is 0 Å². The molecule has 0 spiro atoms. The number of hydrogen-bond donors (Lipinski definition) is 0. The molecule has 0 saturated heterocycles. The molecule has 0 aliphatic rings. The first-order chi connectivity index (χ1) is 7.02. The third kappa shape index (κ3) is 6.85. The van der Waals surface area contributed by atoms with Gasteiger partial charge in [0.25, 0.3) is 0 Å². The van der Waals surface area contributed by atoms with E-state index in [0.717, 1.165) is 0 Å². The molecule has 1 heterocycles. The summed E-state index contributed by atoms with van der Waals surface area (Å²) in [7, 11) is 1.44. The van der Waals surface area contributed by atoms with Gasteiger partial charge in [0.05, 0.1) is 24.0 Å². The Bertz CT molecular complexity index is 354. The number of anilines is 1. The van der Waals surface area contributed by atoms with Gasteiger partial charge in [-0.15, -0.1) is 0 Å². The Morgan fingerprint density at radius 1 is 1.41 bits per heavy atom. The van der Waals surface area contributed by atoms with E-state index in [2.05, 4.69) is 0 Å². The van der Waals surface area contributed by atoms with E-state index in [1.54, 1.807) is 0 Å². The third-order valence-corrected chi connectivity index (χ3v) is 2.01. The van der Waals surface area contributed by atoms with E-state index in [-0.39, 0.29) is 103 Å². The summed E-state index contributed by atoms with van der Waals surface area (Å²) >= 11 is 0. The predicted molar refractivity (Wildman–Crippen MR) is 45.5 cm³/mol. The Hall–Kier alpha value is 1.29. The molecule has 8 heteroatoms. The monoisotopic (exact) mass is 289 g/mol. The van der Waals surface area contributed by atoms with Crippen molar-refractivity contribution in [2.24, 2.45) is 0 Å². The van der Waals surface area contributed by atoms with Crippen molar-refractivity contribution in [1.82, 2.24) is 0 Å². The maximum Gasteiger partial charge on any atom is 1.00 e. The Morgan fingerprint density at radius 3 is 2.35 bits per heavy atom. The summed E-state index contributed by atoms with van der Waals surface area (Å²) in [6, 6.07) is 0.248. The van der Waals surface area contributed by atoms with Crippen LogP contribution in [0.3, 0.4) is 0 Å². The number of carbonyl (C=O) groups is 2. The minimum atomic E-state index is -1.47. The first-order valence-electron chi connectivity index (χ1n) is 4.18. The fourth-order valence-electron chi connectivity index (χ4n) is 1.17. The van der Waals surface area contributed by atoms with Crippen molar-refractivity contribution >= 4 is 17.6 Å². The van der Waals surface area contributed by atoms with Crippen molar-refractivity contribution in [3.63, 3.8) is 0 Å². The Labute approximate surface area is 184 Å². The maximum atomic E-state index is 10.7. The maximum absolute atomic E-state index is 10.7. The van der Waals surface area contributed by atoms with Gasteiger partial charge in [-0.2, -0.15) is 0 Å². The second-order valence-corrected chi connectivity index (χ2v) is 3.00. The zero-order valence-electron chi connectivity index (χ0n) is 10.0. The van der Waals surface area contributed by atoms with Crippen molar-refractivity contribution in [2.45, 2.75) is 12.5 Å². The first-order valence-corrected chi connectivity index (χ1v) is 4.18. The normalized spacial score (nSPS) is 10.6. The van der Waals surface area contributed by atoms with Crippen LogP contribution in [0, 0.1) is 0 Å². The molecule has 17 heavy (non-hydrogen) atoms. The average Bonchev–Trinajstić information content (AvgIpc) is 2.65. The van der Waals surface area contributed by atoms with Gasteiger partial charge in [-0.1, -0.05) is 0 Å². The molecule has 0 amide bonds. The van der Waals surface area contributed by atoms with Gasteiger partial charge >= 0.3 is 103 Å². The van der Waals surface area contributed by atoms with E-state index >= 15 is 0 Å². The van der Waals surface area contributed by atoms with Gasteiger partial charge in [-0.25, -0.2) is 0 Å². The van der Waals surface area contributed by atoms with Gasteiger partial charge < -0.3 is 29.1 Å². The van der Waals surface area contributed by atoms with Crippen LogP contribution in [-0.2, 0) is 9.59 Å². The summed E-state index contributed by atoms with van der Waals surface area (Å²) < 4.78 is 4.75. The van der Waals surface area contributed by atoms with Gasteiger partial charge in [-0.05, 0) is 6.07 Å². The van der Waals surface area contributed by atoms with Crippen molar-refractivity contribution in [1.29, 1.82) is 0 Å². The fourth-order valence-corrected chi connectivity index (χ4v) is 1.17. The SMILES string of the molecule is CN(c1ccoc1)C(CC(=O)[O-])C(=O)[O-].[K+].[K+]. The van der Waals surface area contributed by atoms with Crippen LogP contribution in [-0.4, -0.2) is 25.0 Å². The van der Waals surface area contributed by atoms with Crippen LogP contribution < -0.4 is 118 Å². The van der Waals surface area contributed by atoms with Crippen molar-refractivity contribution in [2.75, 3.05) is 11.9 Å². The molecule has 0 fully saturated rings. The summed E-state index contributed by atoms with van der Waals surface area (Å²) in [5.74, 6) is -2.91. The number of furan rings is 1. The number of carbonyl (C=O) groups excluding carboxylic acids is 2. The molecule has 1 aromatic rings. The van der Waals surface area contributed by atoms with Gasteiger partial charge in [0, 0.05) is 19.4 Å². The Balaban J connectivity index is 0. The van der Waals surface area contributed by atoms with E-state index in [1.807, 2.05) is 0 Å². The molecule has 1 unspecified atom stereocenters. The Kier molecular flexibility index (Phi) is 12.3. The quantitative estimate of drug-likeness (QED) is 0.500. The number of carboxylic acids is 2. The molecule has 0 radical (unpaired) electrons. The van der Waals surface area contributed by atoms with E-state index in [0.29, 0.717) is 5.69 Å². The number of rotatable bonds is 5. The molecule has 1 rings (SSSR count). The third-order valence-electron chi connectivity index (χ3n) is 2.01. The van der Waals surface area contributed by atoms with E-state index in [4.69, 9.17) is 4.42 Å². The summed E-state index contributed by atoms with van der Waals surface area (Å²) in [5, 5.41) is 21.0. The van der Waals surface area contributed by atoms with Crippen LogP contribution in [0.25, 0.3) is 0 Å². The first kappa shape index (κ1) is 20.6. The molecular weight excluding hydrogens is 280 g/mol. The summed E-state index contributed by atoms with van der Waals surface area (Å²) in [6.07, 6.45) is 2.03. The molecule has 6 nitrogen and oxygen atoms in total. The van der Waals surface area contributed by atoms with Crippen LogP contribution in [0.1, 0.15) is 6.42 Å². The van der Waals surface area contributed by atoms with Crippen molar-refractivity contribution in [3.8, 4) is 0 Å². The van der Waals surface area contributed by atoms with Crippen LogP contribution in [0.15, 0.2) is 23.0 Å². The molecule has 0 saturated carbocycles. The van der Waals surface area contributed by atoms with E-state index in [1.165, 1.54) is 30.5 Å².